The number of rotatable bonds is 4. The highest BCUT2D eigenvalue weighted by Gasteiger charge is 2.20. The van der Waals surface area contributed by atoms with E-state index in [1.54, 1.807) is 0 Å². The molecule has 25 heavy (non-hydrogen) atoms. The second-order valence-electron chi connectivity index (χ2n) is 5.09. The Morgan fingerprint density at radius 2 is 1.08 bits per heavy atom. The van der Waals surface area contributed by atoms with Crippen molar-refractivity contribution in [3.05, 3.63) is 70.8 Å². The minimum atomic E-state index is -1.85. The smallest absolute Gasteiger partial charge is 0.345 e. The Morgan fingerprint density at radius 1 is 0.680 bits per heavy atom. The highest BCUT2D eigenvalue weighted by molar-refractivity contribution is 7.76. The maximum atomic E-state index is 11.0. The maximum absolute atomic E-state index is 11.0. The zero-order valence-electron chi connectivity index (χ0n) is 12.5. The van der Waals surface area contributed by atoms with E-state index in [1.165, 1.54) is 0 Å². The van der Waals surface area contributed by atoms with Crippen LogP contribution in [0.15, 0.2) is 58.8 Å². The summed E-state index contributed by atoms with van der Waals surface area (Å²) in [6.45, 7) is 0. The van der Waals surface area contributed by atoms with Gasteiger partial charge in [0.05, 0.1) is 0 Å². The molecule has 2 atom stereocenters. The summed E-state index contributed by atoms with van der Waals surface area (Å²) in [7, 11) is 0. The van der Waals surface area contributed by atoms with Gasteiger partial charge in [-0.3, -0.25) is 8.57 Å². The van der Waals surface area contributed by atoms with Crippen molar-refractivity contribution in [1.29, 1.82) is 0 Å². The van der Waals surface area contributed by atoms with Crippen molar-refractivity contribution >= 4 is 34.5 Å². The third-order valence-electron chi connectivity index (χ3n) is 3.47. The Labute approximate surface area is 147 Å². The van der Waals surface area contributed by atoms with Crippen molar-refractivity contribution in [3.63, 3.8) is 0 Å². The molecule has 0 aromatic heterocycles. The van der Waals surface area contributed by atoms with Crippen molar-refractivity contribution in [2.45, 2.75) is 6.42 Å². The quantitative estimate of drug-likeness (QED) is 0.806. The molecule has 4 rings (SSSR count). The van der Waals surface area contributed by atoms with Gasteiger partial charge in [-0.2, -0.15) is 8.42 Å². The largest absolute Gasteiger partial charge is 0.441 e. The Balaban J connectivity index is 1.43. The molecule has 2 aromatic carbocycles. The molecule has 10 heteroatoms. The van der Waals surface area contributed by atoms with Crippen LogP contribution in [0.2, 0.25) is 0 Å². The van der Waals surface area contributed by atoms with Crippen molar-refractivity contribution < 1.29 is 25.4 Å². The Hall–Kier alpha value is -2.72. The number of oxime groups is 2. The van der Waals surface area contributed by atoms with Crippen LogP contribution in [0, 0.1) is 0 Å². The highest BCUT2D eigenvalue weighted by Crippen LogP contribution is 2.17. The molecule has 128 valence electrons. The third kappa shape index (κ3) is 3.54. The Bertz CT molecular complexity index is 833. The van der Waals surface area contributed by atoms with E-state index in [0.29, 0.717) is 17.5 Å². The van der Waals surface area contributed by atoms with E-state index in [4.69, 9.17) is 8.37 Å². The molecule has 2 aliphatic heterocycles. The molecule has 2 aliphatic rings. The summed E-state index contributed by atoms with van der Waals surface area (Å²) >= 11 is -3.70. The van der Waals surface area contributed by atoms with Crippen molar-refractivity contribution in [3.8, 4) is 0 Å². The zero-order chi connectivity index (χ0) is 17.2. The minimum Gasteiger partial charge on any atom is -0.345 e. The van der Waals surface area contributed by atoms with Crippen LogP contribution < -0.4 is 0 Å². The van der Waals surface area contributed by atoms with Crippen LogP contribution in [0.5, 0.6) is 0 Å². The van der Waals surface area contributed by atoms with Gasteiger partial charge in [-0.15, -0.1) is 0 Å². The lowest BCUT2D eigenvalue weighted by Crippen LogP contribution is -2.02. The molecule has 2 unspecified atom stereocenters. The molecule has 8 nitrogen and oxygen atoms in total. The predicted molar refractivity (Wildman–Crippen MR) is 89.4 cm³/mol. The number of nitrogens with zero attached hydrogens (tertiary/aromatic N) is 2. The summed E-state index contributed by atoms with van der Waals surface area (Å²) in [6.07, 6.45) is 0.714. The van der Waals surface area contributed by atoms with Gasteiger partial charge in [-0.1, -0.05) is 24.3 Å². The van der Waals surface area contributed by atoms with Gasteiger partial charge in [0.1, 0.15) is 0 Å². The Kier molecular flexibility index (Phi) is 4.20. The van der Waals surface area contributed by atoms with Crippen molar-refractivity contribution in [1.82, 2.24) is 0 Å². The standard InChI is InChI=1S/C15H10N2O6S2/c18-24-20-14(16-22-24)12-5-1-10(2-6-12)9-11-3-7-13(8-4-11)15-17-23-25(19)21-15/h1-8H,9H2. The summed E-state index contributed by atoms with van der Waals surface area (Å²) in [4.78, 5) is 0. The summed E-state index contributed by atoms with van der Waals surface area (Å²) in [5.41, 5.74) is 3.54. The van der Waals surface area contributed by atoms with Crippen LogP contribution in [0.3, 0.4) is 0 Å². The van der Waals surface area contributed by atoms with Gasteiger partial charge < -0.3 is 8.37 Å². The topological polar surface area (TPSA) is 95.8 Å². The summed E-state index contributed by atoms with van der Waals surface area (Å²) in [5.74, 6) is 0.400. The van der Waals surface area contributed by atoms with Gasteiger partial charge in [-0.05, 0) is 52.1 Å². The first-order valence-electron chi connectivity index (χ1n) is 7.07. The lowest BCUT2D eigenvalue weighted by atomic mass is 10.0. The SMILES string of the molecule is O=S1ON=C(c2ccc(Cc3ccc(C4=NOS(=O)O4)cc3)cc2)O1. The monoisotopic (exact) mass is 378 g/mol. The third-order valence-corrected chi connectivity index (χ3v) is 4.45. The van der Waals surface area contributed by atoms with Crippen LogP contribution in [0.25, 0.3) is 0 Å². The van der Waals surface area contributed by atoms with E-state index in [9.17, 15) is 8.42 Å². The number of hydrogen-bond donors (Lipinski definition) is 0. The highest BCUT2D eigenvalue weighted by atomic mass is 32.2. The molecule has 2 heterocycles. The number of hydrogen-bond acceptors (Lipinski definition) is 8. The van der Waals surface area contributed by atoms with Crippen LogP contribution in [-0.4, -0.2) is 20.2 Å². The molecule has 0 amide bonds. The molecule has 2 aromatic rings. The first-order valence-corrected chi connectivity index (χ1v) is 9.07. The van der Waals surface area contributed by atoms with Crippen LogP contribution in [0.1, 0.15) is 22.3 Å². The maximum Gasteiger partial charge on any atom is 0.441 e. The summed E-state index contributed by atoms with van der Waals surface area (Å²) in [6, 6.07) is 15.0. The minimum absolute atomic E-state index is 0.200. The van der Waals surface area contributed by atoms with E-state index in [0.717, 1.165) is 11.1 Å². The molecular formula is C15H10N2O6S2. The number of benzene rings is 2. The van der Waals surface area contributed by atoms with E-state index >= 15 is 0 Å². The fourth-order valence-corrected chi connectivity index (χ4v) is 3.12. The molecule has 0 spiro atoms. The van der Waals surface area contributed by atoms with Crippen LogP contribution in [-0.2, 0) is 46.1 Å². The van der Waals surface area contributed by atoms with Crippen LogP contribution in [0.4, 0.5) is 0 Å². The second-order valence-corrected chi connectivity index (χ2v) is 6.54. The fraction of sp³-hybridized carbons (Fsp3) is 0.0667. The fourth-order valence-electron chi connectivity index (χ4n) is 2.29. The summed E-state index contributed by atoms with van der Waals surface area (Å²) in [5, 5.41) is 7.19. The van der Waals surface area contributed by atoms with Crippen molar-refractivity contribution in [2.75, 3.05) is 0 Å². The van der Waals surface area contributed by atoms with E-state index in [-0.39, 0.29) is 11.8 Å². The van der Waals surface area contributed by atoms with Crippen LogP contribution >= 0.6 is 0 Å². The first kappa shape index (κ1) is 15.8. The molecule has 0 saturated heterocycles. The van der Waals surface area contributed by atoms with Gasteiger partial charge >= 0.3 is 22.7 Å². The van der Waals surface area contributed by atoms with Gasteiger partial charge in [0.25, 0.3) is 11.8 Å². The van der Waals surface area contributed by atoms with E-state index in [2.05, 4.69) is 18.9 Å². The average Bonchev–Trinajstić information content (AvgIpc) is 3.25. The molecule has 0 aliphatic carbocycles. The molecular weight excluding hydrogens is 368 g/mol. The van der Waals surface area contributed by atoms with E-state index in [1.807, 2.05) is 48.5 Å². The first-order chi connectivity index (χ1) is 12.2. The molecule has 0 radical (unpaired) electrons. The van der Waals surface area contributed by atoms with E-state index < -0.39 is 22.7 Å². The van der Waals surface area contributed by atoms with Crippen molar-refractivity contribution in [2.24, 2.45) is 10.3 Å². The molecule has 0 fully saturated rings. The second kappa shape index (κ2) is 6.65. The lowest BCUT2D eigenvalue weighted by Gasteiger charge is -2.04. The average molecular weight is 378 g/mol. The van der Waals surface area contributed by atoms with Gasteiger partial charge in [0, 0.05) is 11.1 Å². The lowest BCUT2D eigenvalue weighted by molar-refractivity contribution is 0.370. The zero-order valence-corrected chi connectivity index (χ0v) is 14.1. The predicted octanol–water partition coefficient (Wildman–Crippen LogP) is 1.85. The van der Waals surface area contributed by atoms with Gasteiger partial charge in [-0.25, -0.2) is 0 Å². The van der Waals surface area contributed by atoms with Gasteiger partial charge in [0.2, 0.25) is 0 Å². The summed E-state index contributed by atoms with van der Waals surface area (Å²) < 4.78 is 40.8. The molecule has 0 saturated carbocycles. The normalized spacial score (nSPS) is 21.4. The molecule has 0 N–H and O–H groups in total. The van der Waals surface area contributed by atoms with Gasteiger partial charge in [0.15, 0.2) is 0 Å². The molecule has 0 bridgehead atoms. The Morgan fingerprint density at radius 3 is 1.40 bits per heavy atom.